The third kappa shape index (κ3) is 5.22. The molecule has 1 aromatic carbocycles. The lowest BCUT2D eigenvalue weighted by atomic mass is 10.2. The van der Waals surface area contributed by atoms with E-state index in [4.69, 9.17) is 14.6 Å². The average molecular weight is 310 g/mol. The van der Waals surface area contributed by atoms with Crippen LogP contribution in [0.2, 0.25) is 0 Å². The van der Waals surface area contributed by atoms with Crippen molar-refractivity contribution in [3.63, 3.8) is 0 Å². The Labute approximate surface area is 118 Å². The second kappa shape index (κ2) is 7.26. The molecule has 1 atom stereocenters. The van der Waals surface area contributed by atoms with Crippen LogP contribution in [0.3, 0.4) is 0 Å². The number of benzene rings is 1. The van der Waals surface area contributed by atoms with Crippen molar-refractivity contribution in [1.82, 2.24) is 0 Å². The highest BCUT2D eigenvalue weighted by atomic mass is 19.4. The van der Waals surface area contributed by atoms with Crippen molar-refractivity contribution in [2.75, 3.05) is 13.2 Å². The summed E-state index contributed by atoms with van der Waals surface area (Å²) in [7, 11) is 0. The molecule has 1 unspecified atom stereocenters. The van der Waals surface area contributed by atoms with Crippen LogP contribution in [0.1, 0.15) is 18.9 Å². The van der Waals surface area contributed by atoms with Crippen molar-refractivity contribution in [3.8, 4) is 5.75 Å². The second-order valence-electron chi connectivity index (χ2n) is 4.06. The van der Waals surface area contributed by atoms with E-state index < -0.39 is 29.6 Å². The summed E-state index contributed by atoms with van der Waals surface area (Å²) in [4.78, 5) is 10.8. The molecule has 0 amide bonds. The molecule has 0 spiro atoms. The molecule has 0 aromatic heterocycles. The summed E-state index contributed by atoms with van der Waals surface area (Å²) in [6.45, 7) is 1.64. The van der Waals surface area contributed by atoms with E-state index in [-0.39, 0.29) is 25.4 Å². The fourth-order valence-corrected chi connectivity index (χ4v) is 1.57. The Morgan fingerprint density at radius 3 is 2.57 bits per heavy atom. The molecule has 0 fully saturated rings. The maximum atomic E-state index is 13.0. The number of carboxylic acid groups (broad SMARTS) is 1. The molecular formula is C13H14F4O4. The van der Waals surface area contributed by atoms with E-state index >= 15 is 0 Å². The van der Waals surface area contributed by atoms with Crippen LogP contribution < -0.4 is 4.74 Å². The van der Waals surface area contributed by atoms with Gasteiger partial charge in [0, 0.05) is 13.0 Å². The summed E-state index contributed by atoms with van der Waals surface area (Å²) in [6, 6.07) is 2.22. The van der Waals surface area contributed by atoms with Gasteiger partial charge in [0.1, 0.15) is 11.6 Å². The van der Waals surface area contributed by atoms with E-state index in [0.29, 0.717) is 12.1 Å². The lowest BCUT2D eigenvalue weighted by Gasteiger charge is -2.14. The molecule has 0 saturated carbocycles. The van der Waals surface area contributed by atoms with E-state index in [1.807, 2.05) is 0 Å². The summed E-state index contributed by atoms with van der Waals surface area (Å²) >= 11 is 0. The molecule has 1 rings (SSSR count). The van der Waals surface area contributed by atoms with Gasteiger partial charge in [0.15, 0.2) is 6.10 Å². The zero-order chi connectivity index (χ0) is 16.0. The SMILES string of the molecule is CCOC(CCOc1ccc(F)c(C(F)(F)F)c1)C(=O)O. The van der Waals surface area contributed by atoms with Gasteiger partial charge in [0.25, 0.3) is 0 Å². The minimum Gasteiger partial charge on any atom is -0.493 e. The molecule has 4 nitrogen and oxygen atoms in total. The summed E-state index contributed by atoms with van der Waals surface area (Å²) in [5, 5.41) is 8.81. The largest absolute Gasteiger partial charge is 0.493 e. The smallest absolute Gasteiger partial charge is 0.419 e. The van der Waals surface area contributed by atoms with Crippen LogP contribution in [0.15, 0.2) is 18.2 Å². The number of carbonyl (C=O) groups is 1. The molecule has 1 aromatic rings. The first-order valence-corrected chi connectivity index (χ1v) is 6.09. The van der Waals surface area contributed by atoms with Gasteiger partial charge >= 0.3 is 12.1 Å². The standard InChI is InChI=1S/C13H14F4O4/c1-2-20-11(12(18)19)5-6-21-8-3-4-10(14)9(7-8)13(15,16)17/h3-4,7,11H,2,5-6H2,1H3,(H,18,19). The van der Waals surface area contributed by atoms with E-state index in [0.717, 1.165) is 6.07 Å². The number of carboxylic acids is 1. The Balaban J connectivity index is 2.66. The van der Waals surface area contributed by atoms with Gasteiger partial charge in [-0.3, -0.25) is 0 Å². The Morgan fingerprint density at radius 2 is 2.05 bits per heavy atom. The highest BCUT2D eigenvalue weighted by Crippen LogP contribution is 2.33. The van der Waals surface area contributed by atoms with Gasteiger partial charge in [0.2, 0.25) is 0 Å². The summed E-state index contributed by atoms with van der Waals surface area (Å²) < 4.78 is 60.5. The topological polar surface area (TPSA) is 55.8 Å². The zero-order valence-electron chi connectivity index (χ0n) is 11.1. The molecule has 21 heavy (non-hydrogen) atoms. The van der Waals surface area contributed by atoms with E-state index in [1.165, 1.54) is 0 Å². The molecule has 0 heterocycles. The first-order valence-electron chi connectivity index (χ1n) is 6.09. The van der Waals surface area contributed by atoms with Crippen LogP contribution in [0.5, 0.6) is 5.75 Å². The number of hydrogen-bond donors (Lipinski definition) is 1. The Hall–Kier alpha value is -1.83. The van der Waals surface area contributed by atoms with Crippen molar-refractivity contribution in [1.29, 1.82) is 0 Å². The summed E-state index contributed by atoms with van der Waals surface area (Å²) in [5.41, 5.74) is -1.43. The van der Waals surface area contributed by atoms with Gasteiger partial charge in [-0.25, -0.2) is 9.18 Å². The third-order valence-corrected chi connectivity index (χ3v) is 2.54. The Kier molecular flexibility index (Phi) is 5.95. The normalized spacial score (nSPS) is 13.0. The van der Waals surface area contributed by atoms with Gasteiger partial charge in [-0.2, -0.15) is 13.2 Å². The summed E-state index contributed by atoms with van der Waals surface area (Å²) in [6.07, 6.45) is -5.96. The maximum absolute atomic E-state index is 13.0. The Morgan fingerprint density at radius 1 is 1.38 bits per heavy atom. The number of rotatable bonds is 7. The molecule has 8 heteroatoms. The number of ether oxygens (including phenoxy) is 2. The quantitative estimate of drug-likeness (QED) is 0.786. The van der Waals surface area contributed by atoms with Crippen LogP contribution in [-0.2, 0) is 15.7 Å². The first-order chi connectivity index (χ1) is 9.75. The number of aliphatic carboxylic acids is 1. The van der Waals surface area contributed by atoms with Crippen molar-refractivity contribution in [3.05, 3.63) is 29.6 Å². The van der Waals surface area contributed by atoms with Crippen molar-refractivity contribution >= 4 is 5.97 Å². The van der Waals surface area contributed by atoms with Gasteiger partial charge < -0.3 is 14.6 Å². The molecule has 0 aliphatic rings. The maximum Gasteiger partial charge on any atom is 0.419 e. The van der Waals surface area contributed by atoms with Crippen LogP contribution in [0, 0.1) is 5.82 Å². The zero-order valence-corrected chi connectivity index (χ0v) is 11.1. The van der Waals surface area contributed by atoms with Crippen molar-refractivity contribution in [2.24, 2.45) is 0 Å². The van der Waals surface area contributed by atoms with Crippen LogP contribution in [0.25, 0.3) is 0 Å². The molecular weight excluding hydrogens is 296 g/mol. The second-order valence-corrected chi connectivity index (χ2v) is 4.06. The number of alkyl halides is 3. The molecule has 0 aliphatic carbocycles. The molecule has 118 valence electrons. The molecule has 0 aliphatic heterocycles. The summed E-state index contributed by atoms with van der Waals surface area (Å²) in [5.74, 6) is -2.77. The number of hydrogen-bond acceptors (Lipinski definition) is 3. The van der Waals surface area contributed by atoms with Gasteiger partial charge in [-0.1, -0.05) is 0 Å². The predicted octanol–water partition coefficient (Wildman–Crippen LogP) is 3.10. The highest BCUT2D eigenvalue weighted by Gasteiger charge is 2.34. The fraction of sp³-hybridized carbons (Fsp3) is 0.462. The van der Waals surface area contributed by atoms with Crippen LogP contribution in [-0.4, -0.2) is 30.4 Å². The molecule has 0 saturated heterocycles. The Bertz CT molecular complexity index is 488. The minimum absolute atomic E-state index is 0.0398. The van der Waals surface area contributed by atoms with Gasteiger partial charge in [-0.05, 0) is 25.1 Å². The highest BCUT2D eigenvalue weighted by molar-refractivity contribution is 5.72. The third-order valence-electron chi connectivity index (χ3n) is 2.54. The first kappa shape index (κ1) is 17.2. The number of halogens is 4. The van der Waals surface area contributed by atoms with E-state index in [2.05, 4.69) is 0 Å². The van der Waals surface area contributed by atoms with E-state index in [1.54, 1.807) is 6.92 Å². The van der Waals surface area contributed by atoms with Crippen LogP contribution >= 0.6 is 0 Å². The fourth-order valence-electron chi connectivity index (χ4n) is 1.57. The molecule has 1 N–H and O–H groups in total. The van der Waals surface area contributed by atoms with Crippen LogP contribution in [0.4, 0.5) is 17.6 Å². The lowest BCUT2D eigenvalue weighted by Crippen LogP contribution is -2.26. The van der Waals surface area contributed by atoms with Gasteiger partial charge in [-0.15, -0.1) is 0 Å². The average Bonchev–Trinajstić information content (AvgIpc) is 2.38. The minimum atomic E-state index is -4.82. The monoisotopic (exact) mass is 310 g/mol. The molecule has 0 radical (unpaired) electrons. The van der Waals surface area contributed by atoms with Crippen molar-refractivity contribution < 1.29 is 36.9 Å². The van der Waals surface area contributed by atoms with Crippen molar-refractivity contribution in [2.45, 2.75) is 25.6 Å². The predicted molar refractivity (Wildman–Crippen MR) is 64.6 cm³/mol. The lowest BCUT2D eigenvalue weighted by molar-refractivity contribution is -0.150. The van der Waals surface area contributed by atoms with E-state index in [9.17, 15) is 22.4 Å². The van der Waals surface area contributed by atoms with Gasteiger partial charge in [0.05, 0.1) is 12.2 Å². The molecule has 0 bridgehead atoms.